The summed E-state index contributed by atoms with van der Waals surface area (Å²) >= 11 is 6.36. The summed E-state index contributed by atoms with van der Waals surface area (Å²) in [7, 11) is 0. The van der Waals surface area contributed by atoms with Gasteiger partial charge in [0, 0.05) is 24.2 Å². The third-order valence-corrected chi connectivity index (χ3v) is 4.01. The van der Waals surface area contributed by atoms with E-state index in [1.165, 1.54) is 5.56 Å². The zero-order valence-electron chi connectivity index (χ0n) is 14.1. The van der Waals surface area contributed by atoms with Crippen LogP contribution in [-0.2, 0) is 13.2 Å². The van der Waals surface area contributed by atoms with Crippen LogP contribution in [0.4, 0.5) is 0 Å². The number of ether oxygens (including phenoxy) is 2. The number of aliphatic hydroxyl groups is 1. The highest BCUT2D eigenvalue weighted by molar-refractivity contribution is 6.31. The summed E-state index contributed by atoms with van der Waals surface area (Å²) in [6, 6.07) is 11.8. The molecule has 0 aromatic heterocycles. The number of aryl methyl sites for hydroxylation is 1. The Hall–Kier alpha value is -1.75. The first-order chi connectivity index (χ1) is 11.7. The van der Waals surface area contributed by atoms with Gasteiger partial charge in [-0.05, 0) is 36.6 Å². The SMILES string of the molecule is CCOc1cc(CNCCO)c(Cl)cc1OCc1ccccc1C. The maximum atomic E-state index is 8.86. The molecule has 0 fully saturated rings. The molecule has 0 saturated heterocycles. The summed E-state index contributed by atoms with van der Waals surface area (Å²) in [5, 5.41) is 12.6. The molecule has 0 aliphatic heterocycles. The number of hydrogen-bond acceptors (Lipinski definition) is 4. The molecule has 5 heteroatoms. The van der Waals surface area contributed by atoms with Crippen molar-refractivity contribution >= 4 is 11.6 Å². The zero-order valence-corrected chi connectivity index (χ0v) is 14.9. The van der Waals surface area contributed by atoms with Gasteiger partial charge in [-0.2, -0.15) is 0 Å². The molecule has 0 amide bonds. The molecule has 0 aliphatic carbocycles. The van der Waals surface area contributed by atoms with Crippen molar-refractivity contribution in [3.05, 3.63) is 58.1 Å². The lowest BCUT2D eigenvalue weighted by Gasteiger charge is -2.16. The first kappa shape index (κ1) is 18.6. The fourth-order valence-electron chi connectivity index (χ4n) is 2.32. The van der Waals surface area contributed by atoms with Crippen molar-refractivity contribution in [2.45, 2.75) is 27.0 Å². The van der Waals surface area contributed by atoms with Crippen molar-refractivity contribution in [2.75, 3.05) is 19.8 Å². The molecular weight excluding hydrogens is 326 g/mol. The van der Waals surface area contributed by atoms with E-state index in [0.717, 1.165) is 11.1 Å². The smallest absolute Gasteiger partial charge is 0.163 e. The molecule has 4 nitrogen and oxygen atoms in total. The number of halogens is 1. The van der Waals surface area contributed by atoms with E-state index in [9.17, 15) is 0 Å². The average Bonchev–Trinajstić information content (AvgIpc) is 2.57. The summed E-state index contributed by atoms with van der Waals surface area (Å²) in [6.45, 7) is 6.18. The summed E-state index contributed by atoms with van der Waals surface area (Å²) < 4.78 is 11.6. The Morgan fingerprint density at radius 1 is 1.08 bits per heavy atom. The highest BCUT2D eigenvalue weighted by Gasteiger charge is 2.12. The van der Waals surface area contributed by atoms with Crippen LogP contribution in [0, 0.1) is 6.92 Å². The lowest BCUT2D eigenvalue weighted by atomic mass is 10.1. The Labute approximate surface area is 148 Å². The molecule has 0 atom stereocenters. The van der Waals surface area contributed by atoms with Crippen LogP contribution in [0.15, 0.2) is 36.4 Å². The number of benzene rings is 2. The van der Waals surface area contributed by atoms with E-state index >= 15 is 0 Å². The Morgan fingerprint density at radius 3 is 2.54 bits per heavy atom. The number of hydrogen-bond donors (Lipinski definition) is 2. The van der Waals surface area contributed by atoms with Gasteiger partial charge >= 0.3 is 0 Å². The molecular formula is C19H24ClNO3. The van der Waals surface area contributed by atoms with Crippen molar-refractivity contribution < 1.29 is 14.6 Å². The van der Waals surface area contributed by atoms with Gasteiger partial charge in [0.25, 0.3) is 0 Å². The second-order valence-corrected chi connectivity index (χ2v) is 5.85. The molecule has 0 bridgehead atoms. The monoisotopic (exact) mass is 349 g/mol. The third kappa shape index (κ3) is 5.13. The molecule has 0 radical (unpaired) electrons. The van der Waals surface area contributed by atoms with Crippen LogP contribution < -0.4 is 14.8 Å². The zero-order chi connectivity index (χ0) is 17.4. The van der Waals surface area contributed by atoms with E-state index in [0.29, 0.717) is 42.8 Å². The van der Waals surface area contributed by atoms with Gasteiger partial charge in [-0.3, -0.25) is 0 Å². The molecule has 2 aromatic rings. The third-order valence-electron chi connectivity index (χ3n) is 3.66. The molecule has 0 unspecified atom stereocenters. The average molecular weight is 350 g/mol. The number of aliphatic hydroxyl groups excluding tert-OH is 1. The Morgan fingerprint density at radius 2 is 1.83 bits per heavy atom. The van der Waals surface area contributed by atoms with E-state index in [1.807, 2.05) is 31.2 Å². The van der Waals surface area contributed by atoms with Crippen molar-refractivity contribution in [3.63, 3.8) is 0 Å². The van der Waals surface area contributed by atoms with Crippen LogP contribution in [0.25, 0.3) is 0 Å². The Balaban J connectivity index is 2.15. The largest absolute Gasteiger partial charge is 0.490 e. The lowest BCUT2D eigenvalue weighted by Crippen LogP contribution is -2.17. The van der Waals surface area contributed by atoms with Crippen LogP contribution in [0.5, 0.6) is 11.5 Å². The predicted molar refractivity (Wildman–Crippen MR) is 96.9 cm³/mol. The maximum Gasteiger partial charge on any atom is 0.163 e. The summed E-state index contributed by atoms with van der Waals surface area (Å²) in [4.78, 5) is 0. The maximum absolute atomic E-state index is 8.86. The van der Waals surface area contributed by atoms with Gasteiger partial charge in [-0.25, -0.2) is 0 Å². The van der Waals surface area contributed by atoms with Crippen LogP contribution in [0.3, 0.4) is 0 Å². The van der Waals surface area contributed by atoms with Gasteiger partial charge in [0.1, 0.15) is 6.61 Å². The fraction of sp³-hybridized carbons (Fsp3) is 0.368. The number of nitrogens with one attached hydrogen (secondary N) is 1. The van der Waals surface area contributed by atoms with Crippen molar-refractivity contribution in [3.8, 4) is 11.5 Å². The van der Waals surface area contributed by atoms with E-state index in [4.69, 9.17) is 26.2 Å². The van der Waals surface area contributed by atoms with Crippen molar-refractivity contribution in [2.24, 2.45) is 0 Å². The molecule has 0 saturated carbocycles. The van der Waals surface area contributed by atoms with Crippen LogP contribution in [0.1, 0.15) is 23.6 Å². The molecule has 130 valence electrons. The summed E-state index contributed by atoms with van der Waals surface area (Å²) in [5.74, 6) is 1.31. The molecule has 24 heavy (non-hydrogen) atoms. The van der Waals surface area contributed by atoms with Gasteiger partial charge in [-0.15, -0.1) is 0 Å². The van der Waals surface area contributed by atoms with E-state index < -0.39 is 0 Å². The predicted octanol–water partition coefficient (Wildman–Crippen LogP) is 3.71. The first-order valence-corrected chi connectivity index (χ1v) is 8.47. The van der Waals surface area contributed by atoms with Gasteiger partial charge in [0.2, 0.25) is 0 Å². The Kier molecular flexibility index (Phi) is 7.37. The van der Waals surface area contributed by atoms with Gasteiger partial charge < -0.3 is 19.9 Å². The summed E-state index contributed by atoms with van der Waals surface area (Å²) in [6.07, 6.45) is 0. The van der Waals surface area contributed by atoms with E-state index in [2.05, 4.69) is 18.3 Å². The minimum atomic E-state index is 0.0908. The van der Waals surface area contributed by atoms with Crippen LogP contribution in [0.2, 0.25) is 5.02 Å². The van der Waals surface area contributed by atoms with Crippen LogP contribution in [-0.4, -0.2) is 24.9 Å². The van der Waals surface area contributed by atoms with Crippen molar-refractivity contribution in [1.82, 2.24) is 5.32 Å². The normalized spacial score (nSPS) is 10.7. The topological polar surface area (TPSA) is 50.7 Å². The summed E-state index contributed by atoms with van der Waals surface area (Å²) in [5.41, 5.74) is 3.23. The van der Waals surface area contributed by atoms with E-state index in [1.54, 1.807) is 6.07 Å². The lowest BCUT2D eigenvalue weighted by molar-refractivity contribution is 0.268. The van der Waals surface area contributed by atoms with Gasteiger partial charge in [0.05, 0.1) is 13.2 Å². The minimum Gasteiger partial charge on any atom is -0.490 e. The van der Waals surface area contributed by atoms with Crippen LogP contribution >= 0.6 is 11.6 Å². The quantitative estimate of drug-likeness (QED) is 0.678. The van der Waals surface area contributed by atoms with Gasteiger partial charge in [0.15, 0.2) is 11.5 Å². The standard InChI is InChI=1S/C19H24ClNO3/c1-3-23-18-10-16(12-21-8-9-22)17(20)11-19(18)24-13-15-7-5-4-6-14(15)2/h4-7,10-11,21-22H,3,8-9,12-13H2,1-2H3. The highest BCUT2D eigenvalue weighted by Crippen LogP contribution is 2.34. The van der Waals surface area contributed by atoms with E-state index in [-0.39, 0.29) is 6.61 Å². The van der Waals surface area contributed by atoms with Crippen molar-refractivity contribution in [1.29, 1.82) is 0 Å². The second kappa shape index (κ2) is 9.52. The Bertz CT molecular complexity index is 661. The molecule has 0 aliphatic rings. The second-order valence-electron chi connectivity index (χ2n) is 5.44. The fourth-order valence-corrected chi connectivity index (χ4v) is 2.54. The molecule has 2 rings (SSSR count). The highest BCUT2D eigenvalue weighted by atomic mass is 35.5. The molecule has 0 heterocycles. The molecule has 0 spiro atoms. The number of rotatable bonds is 9. The molecule has 2 N–H and O–H groups in total. The minimum absolute atomic E-state index is 0.0908. The first-order valence-electron chi connectivity index (χ1n) is 8.09. The van der Waals surface area contributed by atoms with Gasteiger partial charge in [-0.1, -0.05) is 35.9 Å². The molecule has 2 aromatic carbocycles.